The standard InChI is InChI=1S/C18H21N/c1-15-12-13-18(17-10-6-3-7-11-17)19(15)14-16-8-4-2-5-9-16/h2-11,15,18H,12-14H2,1H3. The molecule has 1 heteroatoms. The Labute approximate surface area is 115 Å². The Balaban J connectivity index is 1.81. The van der Waals surface area contributed by atoms with E-state index in [9.17, 15) is 0 Å². The number of nitrogens with zero attached hydrogens (tertiary/aromatic N) is 1. The molecule has 0 saturated carbocycles. The van der Waals surface area contributed by atoms with Crippen molar-refractivity contribution in [2.24, 2.45) is 0 Å². The predicted octanol–water partition coefficient (Wildman–Crippen LogP) is 4.41. The summed E-state index contributed by atoms with van der Waals surface area (Å²) in [6.07, 6.45) is 2.57. The first-order chi connectivity index (χ1) is 9.34. The summed E-state index contributed by atoms with van der Waals surface area (Å²) in [5.74, 6) is 0. The van der Waals surface area contributed by atoms with E-state index in [4.69, 9.17) is 0 Å². The molecule has 1 nitrogen and oxygen atoms in total. The Morgan fingerprint density at radius 3 is 2.21 bits per heavy atom. The summed E-state index contributed by atoms with van der Waals surface area (Å²) >= 11 is 0. The van der Waals surface area contributed by atoms with Gasteiger partial charge in [0.2, 0.25) is 0 Å². The molecule has 0 bridgehead atoms. The average Bonchev–Trinajstić information content (AvgIpc) is 2.82. The van der Waals surface area contributed by atoms with Crippen molar-refractivity contribution >= 4 is 0 Å². The molecular weight excluding hydrogens is 230 g/mol. The molecular formula is C18H21N. The van der Waals surface area contributed by atoms with Gasteiger partial charge in [0.25, 0.3) is 0 Å². The van der Waals surface area contributed by atoms with Gasteiger partial charge in [0.1, 0.15) is 0 Å². The van der Waals surface area contributed by atoms with E-state index >= 15 is 0 Å². The third-order valence-corrected chi connectivity index (χ3v) is 4.22. The van der Waals surface area contributed by atoms with Crippen molar-refractivity contribution in [3.63, 3.8) is 0 Å². The lowest BCUT2D eigenvalue weighted by Crippen LogP contribution is -2.29. The highest BCUT2D eigenvalue weighted by molar-refractivity contribution is 5.22. The monoisotopic (exact) mass is 251 g/mol. The van der Waals surface area contributed by atoms with Gasteiger partial charge in [-0.1, -0.05) is 60.7 Å². The van der Waals surface area contributed by atoms with Crippen LogP contribution >= 0.6 is 0 Å². The van der Waals surface area contributed by atoms with Gasteiger partial charge in [0.05, 0.1) is 0 Å². The largest absolute Gasteiger partial charge is 0.289 e. The fourth-order valence-corrected chi connectivity index (χ4v) is 3.13. The van der Waals surface area contributed by atoms with Crippen LogP contribution in [0.4, 0.5) is 0 Å². The summed E-state index contributed by atoms with van der Waals surface area (Å²) in [7, 11) is 0. The van der Waals surface area contributed by atoms with Crippen LogP contribution in [0.25, 0.3) is 0 Å². The Hall–Kier alpha value is -1.60. The third-order valence-electron chi connectivity index (χ3n) is 4.22. The van der Waals surface area contributed by atoms with Crippen molar-refractivity contribution in [2.75, 3.05) is 0 Å². The topological polar surface area (TPSA) is 3.24 Å². The summed E-state index contributed by atoms with van der Waals surface area (Å²) < 4.78 is 0. The van der Waals surface area contributed by atoms with Crippen LogP contribution in [0.15, 0.2) is 60.7 Å². The molecule has 1 aliphatic rings. The molecule has 19 heavy (non-hydrogen) atoms. The molecule has 2 atom stereocenters. The van der Waals surface area contributed by atoms with Crippen LogP contribution in [0.2, 0.25) is 0 Å². The minimum Gasteiger partial charge on any atom is -0.289 e. The maximum atomic E-state index is 2.64. The van der Waals surface area contributed by atoms with Crippen LogP contribution in [0, 0.1) is 0 Å². The van der Waals surface area contributed by atoms with Crippen molar-refractivity contribution in [1.82, 2.24) is 4.90 Å². The van der Waals surface area contributed by atoms with E-state index in [1.807, 2.05) is 0 Å². The van der Waals surface area contributed by atoms with Crippen LogP contribution in [0.1, 0.15) is 36.9 Å². The van der Waals surface area contributed by atoms with Gasteiger partial charge in [-0.25, -0.2) is 0 Å². The van der Waals surface area contributed by atoms with Gasteiger partial charge in [-0.2, -0.15) is 0 Å². The maximum Gasteiger partial charge on any atom is 0.0355 e. The minimum absolute atomic E-state index is 0.580. The van der Waals surface area contributed by atoms with Gasteiger partial charge >= 0.3 is 0 Å². The van der Waals surface area contributed by atoms with E-state index in [-0.39, 0.29) is 0 Å². The molecule has 0 aliphatic carbocycles. The predicted molar refractivity (Wildman–Crippen MR) is 79.9 cm³/mol. The number of likely N-dealkylation sites (tertiary alicyclic amines) is 1. The highest BCUT2D eigenvalue weighted by atomic mass is 15.2. The van der Waals surface area contributed by atoms with Gasteiger partial charge < -0.3 is 0 Å². The molecule has 2 aromatic rings. The van der Waals surface area contributed by atoms with Gasteiger partial charge in [-0.3, -0.25) is 4.90 Å². The summed E-state index contributed by atoms with van der Waals surface area (Å²) in [5, 5.41) is 0. The summed E-state index contributed by atoms with van der Waals surface area (Å²) in [6, 6.07) is 23.0. The van der Waals surface area contributed by atoms with E-state index in [1.54, 1.807) is 0 Å². The third kappa shape index (κ3) is 2.71. The van der Waals surface area contributed by atoms with Crippen molar-refractivity contribution in [3.05, 3.63) is 71.8 Å². The van der Waals surface area contributed by atoms with E-state index in [0.29, 0.717) is 12.1 Å². The van der Waals surface area contributed by atoms with Crippen LogP contribution in [-0.4, -0.2) is 10.9 Å². The SMILES string of the molecule is CC1CCC(c2ccccc2)N1Cc1ccccc1. The molecule has 2 aromatic carbocycles. The van der Waals surface area contributed by atoms with Crippen LogP contribution < -0.4 is 0 Å². The zero-order valence-corrected chi connectivity index (χ0v) is 11.5. The fourth-order valence-electron chi connectivity index (χ4n) is 3.13. The lowest BCUT2D eigenvalue weighted by molar-refractivity contribution is 0.195. The van der Waals surface area contributed by atoms with Crippen molar-refractivity contribution in [1.29, 1.82) is 0 Å². The number of hydrogen-bond acceptors (Lipinski definition) is 1. The molecule has 98 valence electrons. The Morgan fingerprint density at radius 1 is 0.895 bits per heavy atom. The Morgan fingerprint density at radius 2 is 1.53 bits per heavy atom. The molecule has 1 aliphatic heterocycles. The first kappa shape index (κ1) is 12.4. The first-order valence-electron chi connectivity index (χ1n) is 7.19. The first-order valence-corrected chi connectivity index (χ1v) is 7.19. The minimum atomic E-state index is 0.580. The van der Waals surface area contributed by atoms with E-state index in [1.165, 1.54) is 24.0 Å². The Bertz CT molecular complexity index is 506. The normalized spacial score (nSPS) is 23.6. The molecule has 0 N–H and O–H groups in total. The van der Waals surface area contributed by atoms with Crippen molar-refractivity contribution in [3.8, 4) is 0 Å². The lowest BCUT2D eigenvalue weighted by atomic mass is 10.0. The number of rotatable bonds is 3. The van der Waals surface area contributed by atoms with Crippen LogP contribution in [0.3, 0.4) is 0 Å². The van der Waals surface area contributed by atoms with Crippen LogP contribution in [-0.2, 0) is 6.54 Å². The fraction of sp³-hybridized carbons (Fsp3) is 0.333. The second-order valence-electron chi connectivity index (χ2n) is 5.51. The number of benzene rings is 2. The van der Waals surface area contributed by atoms with E-state index in [2.05, 4.69) is 72.5 Å². The number of hydrogen-bond donors (Lipinski definition) is 0. The maximum absolute atomic E-state index is 2.64. The molecule has 3 rings (SSSR count). The lowest BCUT2D eigenvalue weighted by Gasteiger charge is -2.28. The molecule has 1 saturated heterocycles. The summed E-state index contributed by atoms with van der Waals surface area (Å²) in [5.41, 5.74) is 2.87. The van der Waals surface area contributed by atoms with Crippen molar-refractivity contribution < 1.29 is 0 Å². The quantitative estimate of drug-likeness (QED) is 0.781. The van der Waals surface area contributed by atoms with E-state index in [0.717, 1.165) is 6.54 Å². The highest BCUT2D eigenvalue weighted by Crippen LogP contribution is 2.36. The van der Waals surface area contributed by atoms with Gasteiger partial charge in [-0.15, -0.1) is 0 Å². The molecule has 1 heterocycles. The Kier molecular flexibility index (Phi) is 3.65. The van der Waals surface area contributed by atoms with Gasteiger partial charge in [0.15, 0.2) is 0 Å². The molecule has 0 radical (unpaired) electrons. The molecule has 0 amide bonds. The highest BCUT2D eigenvalue weighted by Gasteiger charge is 2.31. The second-order valence-corrected chi connectivity index (χ2v) is 5.51. The van der Waals surface area contributed by atoms with E-state index < -0.39 is 0 Å². The summed E-state index contributed by atoms with van der Waals surface area (Å²) in [4.78, 5) is 2.64. The van der Waals surface area contributed by atoms with Crippen molar-refractivity contribution in [2.45, 2.75) is 38.4 Å². The van der Waals surface area contributed by atoms with Crippen LogP contribution in [0.5, 0.6) is 0 Å². The zero-order chi connectivity index (χ0) is 13.1. The smallest absolute Gasteiger partial charge is 0.0355 e. The average molecular weight is 251 g/mol. The molecule has 0 spiro atoms. The second kappa shape index (κ2) is 5.58. The van der Waals surface area contributed by atoms with Gasteiger partial charge in [0, 0.05) is 18.6 Å². The van der Waals surface area contributed by atoms with Gasteiger partial charge in [-0.05, 0) is 30.9 Å². The molecule has 2 unspecified atom stereocenters. The zero-order valence-electron chi connectivity index (χ0n) is 11.5. The molecule has 0 aromatic heterocycles. The molecule has 1 fully saturated rings. The summed E-state index contributed by atoms with van der Waals surface area (Å²) in [6.45, 7) is 3.41.